The lowest BCUT2D eigenvalue weighted by Crippen LogP contribution is -2.42. The minimum atomic E-state index is -0.752. The third kappa shape index (κ3) is 11.6. The van der Waals surface area contributed by atoms with Crippen LogP contribution in [0.5, 0.6) is 11.5 Å². The number of aromatic nitrogens is 1. The minimum Gasteiger partial charge on any atom is -0.493 e. The molecule has 16 nitrogen and oxygen atoms in total. The number of anilines is 4. The fraction of sp³-hybridized carbons (Fsp3) is 0.392. The van der Waals surface area contributed by atoms with Crippen LogP contribution < -0.4 is 40.5 Å². The van der Waals surface area contributed by atoms with Crippen molar-refractivity contribution in [1.82, 2.24) is 15.2 Å². The number of para-hydroxylation sites is 1. The van der Waals surface area contributed by atoms with Gasteiger partial charge in [0.25, 0.3) is 11.8 Å². The van der Waals surface area contributed by atoms with Crippen LogP contribution >= 0.6 is 11.3 Å². The van der Waals surface area contributed by atoms with Crippen LogP contribution in [0, 0.1) is 5.92 Å². The number of fused-ring (bicyclic) bond motifs is 5. The summed E-state index contributed by atoms with van der Waals surface area (Å²) in [5, 5.41) is 11.9. The smallest absolute Gasteiger partial charge is 0.272 e. The average molecular weight is 946 g/mol. The Morgan fingerprint density at radius 1 is 0.838 bits per heavy atom. The second kappa shape index (κ2) is 21.7. The Kier molecular flexibility index (Phi) is 15.6. The van der Waals surface area contributed by atoms with Crippen LogP contribution in [0.1, 0.15) is 90.1 Å². The number of benzene rings is 3. The summed E-state index contributed by atoms with van der Waals surface area (Å²) >= 11 is 1.45. The first-order valence-electron chi connectivity index (χ1n) is 22.9. The van der Waals surface area contributed by atoms with E-state index in [-0.39, 0.29) is 73.0 Å². The molecule has 2 aromatic heterocycles. The van der Waals surface area contributed by atoms with E-state index in [1.54, 1.807) is 56.9 Å². The zero-order valence-corrected chi connectivity index (χ0v) is 40.2. The molecule has 5 aromatic rings. The number of carbonyl (C=O) groups is 7. The summed E-state index contributed by atoms with van der Waals surface area (Å²) in [4.78, 5) is 94.8. The molecule has 2 aliphatic rings. The van der Waals surface area contributed by atoms with Gasteiger partial charge < -0.3 is 45.1 Å². The highest BCUT2D eigenvalue weighted by Gasteiger charge is 2.39. The van der Waals surface area contributed by atoms with E-state index in [2.05, 4.69) is 32.2 Å². The maximum Gasteiger partial charge on any atom is 0.272 e. The number of rotatable bonds is 21. The van der Waals surface area contributed by atoms with E-state index in [9.17, 15) is 33.6 Å². The number of unbranched alkanes of at least 4 members (excludes halogenated alkanes) is 1. The van der Waals surface area contributed by atoms with Gasteiger partial charge >= 0.3 is 0 Å². The highest BCUT2D eigenvalue weighted by atomic mass is 32.1. The third-order valence-electron chi connectivity index (χ3n) is 12.4. The van der Waals surface area contributed by atoms with Crippen LogP contribution in [0.3, 0.4) is 0 Å². The van der Waals surface area contributed by atoms with Crippen molar-refractivity contribution in [1.29, 1.82) is 0 Å². The minimum absolute atomic E-state index is 0.0105. The molecule has 5 amide bonds. The van der Waals surface area contributed by atoms with Gasteiger partial charge in [0, 0.05) is 98.9 Å². The van der Waals surface area contributed by atoms with Crippen LogP contribution in [0.4, 0.5) is 22.7 Å². The number of methoxy groups -OCH3 is 1. The number of nitrogens with zero attached hydrogens (tertiary/aromatic N) is 3. The average Bonchev–Trinajstić information content (AvgIpc) is 3.99. The lowest BCUT2D eigenvalue weighted by Gasteiger charge is -2.25. The van der Waals surface area contributed by atoms with Crippen LogP contribution in [0.2, 0.25) is 0 Å². The van der Waals surface area contributed by atoms with Crippen molar-refractivity contribution in [2.75, 3.05) is 54.8 Å². The zero-order valence-electron chi connectivity index (χ0n) is 39.4. The second-order valence-electron chi connectivity index (χ2n) is 17.6. The molecule has 3 aromatic carbocycles. The lowest BCUT2D eigenvalue weighted by molar-refractivity contribution is -0.131. The van der Waals surface area contributed by atoms with Crippen molar-refractivity contribution < 1.29 is 43.0 Å². The number of Topliss-reactive ketones (excluding diaryl/α,β-unsaturated/α-hetero) is 2. The molecule has 0 saturated carbocycles. The molecule has 0 bridgehead atoms. The monoisotopic (exact) mass is 945 g/mol. The third-order valence-corrected chi connectivity index (χ3v) is 13.5. The van der Waals surface area contributed by atoms with E-state index in [4.69, 9.17) is 9.47 Å². The molecule has 0 aliphatic carbocycles. The van der Waals surface area contributed by atoms with Gasteiger partial charge in [0.15, 0.2) is 17.3 Å². The summed E-state index contributed by atoms with van der Waals surface area (Å²) in [6.45, 7) is 4.17. The molecule has 0 fully saturated rings. The summed E-state index contributed by atoms with van der Waals surface area (Å²) in [5.41, 5.74) is 4.73. The van der Waals surface area contributed by atoms with Crippen LogP contribution in [0.25, 0.3) is 10.1 Å². The van der Waals surface area contributed by atoms with Gasteiger partial charge in [0.2, 0.25) is 17.7 Å². The quantitative estimate of drug-likeness (QED) is 0.0566. The summed E-state index contributed by atoms with van der Waals surface area (Å²) in [7, 11) is 6.79. The van der Waals surface area contributed by atoms with Crippen molar-refractivity contribution in [3.8, 4) is 11.5 Å². The number of hydrogen-bond acceptors (Lipinski definition) is 11. The Morgan fingerprint density at radius 3 is 2.38 bits per heavy atom. The van der Waals surface area contributed by atoms with Gasteiger partial charge in [-0.15, -0.1) is 11.3 Å². The van der Waals surface area contributed by atoms with E-state index in [1.165, 1.54) is 18.4 Å². The number of ether oxygens (including phenoxy) is 2. The normalized spacial score (nSPS) is 14.8. The highest BCUT2D eigenvalue weighted by molar-refractivity contribution is 7.19. The van der Waals surface area contributed by atoms with Crippen LogP contribution in [0.15, 0.2) is 72.9 Å². The Bertz CT molecular complexity index is 2740. The standard InChI is InChI=1S/C51H59N7O9S/c1-30(20-37(59)13-8-10-15-47(61)52-3)49(63)53-31(2)43(60)25-38-23-33-21-34(17-18-46(33)68-38)55-50(64)42-24-35(28-56(42)4)54-48(62)16-11-19-67-45-27-41-39(26-44(45)66-6)51(65)58-36(29-57(41)5)22-32-12-7-9-14-40(32)58/h7,9,12,14,17-18,21,23-24,26-28,30-31,36H,8,10-11,13,15-16,19-20,22,25,29H2,1-6H3,(H,52,61)(H,53,63)(H,54,62)(H,55,64)/t30-,31+,36+/m1/s1. The zero-order chi connectivity index (χ0) is 48.6. The lowest BCUT2D eigenvalue weighted by atomic mass is 9.99. The molecular weight excluding hydrogens is 887 g/mol. The Balaban J connectivity index is 0.862. The molecule has 4 N–H and O–H groups in total. The summed E-state index contributed by atoms with van der Waals surface area (Å²) in [6, 6.07) is 19.8. The molecule has 17 heteroatoms. The van der Waals surface area contributed by atoms with E-state index < -0.39 is 12.0 Å². The van der Waals surface area contributed by atoms with E-state index in [1.807, 2.05) is 54.4 Å². The molecule has 0 unspecified atom stereocenters. The van der Waals surface area contributed by atoms with Gasteiger partial charge in [-0.3, -0.25) is 33.6 Å². The number of nitrogens with one attached hydrogen (secondary N) is 4. The number of thiophene rings is 1. The van der Waals surface area contributed by atoms with Crippen molar-refractivity contribution in [3.05, 3.63) is 94.6 Å². The molecule has 7 rings (SSSR count). The predicted molar refractivity (Wildman–Crippen MR) is 263 cm³/mol. The van der Waals surface area contributed by atoms with Gasteiger partial charge in [-0.05, 0) is 86.0 Å². The van der Waals surface area contributed by atoms with E-state index in [0.29, 0.717) is 72.8 Å². The molecule has 68 heavy (non-hydrogen) atoms. The molecule has 3 atom stereocenters. The highest BCUT2D eigenvalue weighted by Crippen LogP contribution is 2.42. The Hall–Kier alpha value is -7.01. The van der Waals surface area contributed by atoms with Crippen molar-refractivity contribution >= 4 is 85.3 Å². The van der Waals surface area contributed by atoms with E-state index in [0.717, 1.165) is 38.3 Å². The summed E-state index contributed by atoms with van der Waals surface area (Å²) in [5.74, 6) is -1.05. The largest absolute Gasteiger partial charge is 0.493 e. The molecule has 0 radical (unpaired) electrons. The van der Waals surface area contributed by atoms with Crippen molar-refractivity contribution in [2.24, 2.45) is 13.0 Å². The molecule has 358 valence electrons. The SMILES string of the molecule is CNC(=O)CCCCC(=O)C[C@@H](C)C(=O)N[C@@H](C)C(=O)Cc1cc2cc(NC(=O)c3cc(NC(=O)CCCOc4cc5c(cc4OC)C(=O)N4c6ccccc6C[C@H]4CN5C)cn3C)ccc2s1. The maximum atomic E-state index is 13.9. The Morgan fingerprint density at radius 2 is 1.60 bits per heavy atom. The van der Waals surface area contributed by atoms with Gasteiger partial charge in [0.1, 0.15) is 11.5 Å². The molecule has 4 heterocycles. The molecule has 0 spiro atoms. The van der Waals surface area contributed by atoms with E-state index >= 15 is 0 Å². The number of likely N-dealkylation sites (N-methyl/N-ethyl adjacent to an activating group) is 1. The summed E-state index contributed by atoms with van der Waals surface area (Å²) in [6.07, 6.45) is 5.00. The molecular formula is C51H59N7O9S. The number of amides is 5. The van der Waals surface area contributed by atoms with Crippen LogP contribution in [-0.2, 0) is 43.9 Å². The maximum absolute atomic E-state index is 13.9. The number of aryl methyl sites for hydroxylation is 1. The molecule has 2 aliphatic heterocycles. The van der Waals surface area contributed by atoms with Crippen LogP contribution in [-0.4, -0.2) is 92.1 Å². The first-order valence-corrected chi connectivity index (χ1v) is 23.8. The predicted octanol–water partition coefficient (Wildman–Crippen LogP) is 6.84. The number of hydrogen-bond donors (Lipinski definition) is 4. The van der Waals surface area contributed by atoms with Crippen molar-refractivity contribution in [3.63, 3.8) is 0 Å². The van der Waals surface area contributed by atoms with Crippen molar-refractivity contribution in [2.45, 2.75) is 83.7 Å². The van der Waals surface area contributed by atoms with Gasteiger partial charge in [0.05, 0.1) is 42.7 Å². The van der Waals surface area contributed by atoms with Gasteiger partial charge in [-0.25, -0.2) is 0 Å². The van der Waals surface area contributed by atoms with Gasteiger partial charge in [-0.1, -0.05) is 25.1 Å². The number of carbonyl (C=O) groups excluding carboxylic acids is 7. The molecule has 0 saturated heterocycles. The van der Waals surface area contributed by atoms with Gasteiger partial charge in [-0.2, -0.15) is 0 Å². The Labute approximate surface area is 399 Å². The first kappa shape index (κ1) is 48.9. The first-order chi connectivity index (χ1) is 32.6. The number of ketones is 2. The fourth-order valence-electron chi connectivity index (χ4n) is 8.72. The summed E-state index contributed by atoms with van der Waals surface area (Å²) < 4.78 is 14.3. The fourth-order valence-corrected chi connectivity index (χ4v) is 9.77. The topological polar surface area (TPSA) is 197 Å². The second-order valence-corrected chi connectivity index (χ2v) is 18.8.